The van der Waals surface area contributed by atoms with E-state index in [4.69, 9.17) is 0 Å². The Bertz CT molecular complexity index is 200. The fourth-order valence-electron chi connectivity index (χ4n) is 2.05. The molecule has 4 heteroatoms. The Hall–Kier alpha value is -0.770. The summed E-state index contributed by atoms with van der Waals surface area (Å²) in [5.41, 5.74) is 0. The Morgan fingerprint density at radius 1 is 1.44 bits per heavy atom. The molecule has 1 heterocycles. The maximum atomic E-state index is 11.8. The van der Waals surface area contributed by atoms with Crippen molar-refractivity contribution in [2.45, 2.75) is 45.1 Å². The number of unbranched alkanes of at least 4 members (excludes halogenated alkanes) is 1. The van der Waals surface area contributed by atoms with Crippen LogP contribution in [0.4, 0.5) is 4.79 Å². The molecule has 0 aromatic heterocycles. The first-order valence-electron chi connectivity index (χ1n) is 6.47. The molecule has 1 aliphatic heterocycles. The lowest BCUT2D eigenvalue weighted by atomic mass is 10.1. The van der Waals surface area contributed by atoms with Crippen molar-refractivity contribution in [3.8, 4) is 0 Å². The van der Waals surface area contributed by atoms with Crippen LogP contribution < -0.4 is 10.6 Å². The van der Waals surface area contributed by atoms with Crippen LogP contribution in [0.15, 0.2) is 0 Å². The van der Waals surface area contributed by atoms with Crippen molar-refractivity contribution in [3.63, 3.8) is 0 Å². The Kier molecular flexibility index (Phi) is 6.23. The quantitative estimate of drug-likeness (QED) is 0.716. The van der Waals surface area contributed by atoms with Gasteiger partial charge >= 0.3 is 6.03 Å². The van der Waals surface area contributed by atoms with E-state index in [1.54, 1.807) is 0 Å². The van der Waals surface area contributed by atoms with Crippen LogP contribution in [0.1, 0.15) is 39.0 Å². The number of carbonyl (C=O) groups is 1. The average Bonchev–Trinajstić information content (AvgIpc) is 2.56. The van der Waals surface area contributed by atoms with E-state index in [0.717, 1.165) is 51.7 Å². The molecular weight excluding hydrogens is 202 g/mol. The monoisotopic (exact) mass is 227 g/mol. The molecule has 2 N–H and O–H groups in total. The van der Waals surface area contributed by atoms with Gasteiger partial charge in [0.1, 0.15) is 0 Å². The molecule has 1 fully saturated rings. The first kappa shape index (κ1) is 13.3. The standard InChI is InChI=1S/C12H25N3O/c1-3-4-9-14-12(16)15(2)11-6-5-8-13-10-7-11/h11,13H,3-10H2,1-2H3,(H,14,16). The minimum atomic E-state index is 0.0837. The van der Waals surface area contributed by atoms with Gasteiger partial charge in [-0.3, -0.25) is 0 Å². The molecule has 4 nitrogen and oxygen atoms in total. The van der Waals surface area contributed by atoms with E-state index in [0.29, 0.717) is 6.04 Å². The minimum Gasteiger partial charge on any atom is -0.338 e. The van der Waals surface area contributed by atoms with Crippen molar-refractivity contribution >= 4 is 6.03 Å². The van der Waals surface area contributed by atoms with E-state index in [-0.39, 0.29) is 6.03 Å². The van der Waals surface area contributed by atoms with Gasteiger partial charge in [-0.25, -0.2) is 4.79 Å². The van der Waals surface area contributed by atoms with Gasteiger partial charge in [0, 0.05) is 19.6 Å². The van der Waals surface area contributed by atoms with Crippen LogP contribution in [0.5, 0.6) is 0 Å². The Morgan fingerprint density at radius 3 is 3.00 bits per heavy atom. The van der Waals surface area contributed by atoms with Crippen LogP contribution in [0, 0.1) is 0 Å². The molecule has 1 rings (SSSR count). The lowest BCUT2D eigenvalue weighted by Crippen LogP contribution is -2.44. The summed E-state index contributed by atoms with van der Waals surface area (Å²) in [5, 5.41) is 6.33. The summed E-state index contributed by atoms with van der Waals surface area (Å²) in [4.78, 5) is 13.7. The summed E-state index contributed by atoms with van der Waals surface area (Å²) in [6, 6.07) is 0.483. The van der Waals surface area contributed by atoms with E-state index < -0.39 is 0 Å². The fourth-order valence-corrected chi connectivity index (χ4v) is 2.05. The average molecular weight is 227 g/mol. The molecule has 0 bridgehead atoms. The lowest BCUT2D eigenvalue weighted by Gasteiger charge is -2.27. The van der Waals surface area contributed by atoms with Crippen molar-refractivity contribution in [1.82, 2.24) is 15.5 Å². The molecule has 2 amide bonds. The minimum absolute atomic E-state index is 0.0837. The summed E-state index contributed by atoms with van der Waals surface area (Å²) in [7, 11) is 1.91. The van der Waals surface area contributed by atoms with Gasteiger partial charge < -0.3 is 15.5 Å². The summed E-state index contributed by atoms with van der Waals surface area (Å²) < 4.78 is 0. The van der Waals surface area contributed by atoms with Crippen LogP contribution in [-0.2, 0) is 0 Å². The fraction of sp³-hybridized carbons (Fsp3) is 0.917. The van der Waals surface area contributed by atoms with E-state index >= 15 is 0 Å². The third kappa shape index (κ3) is 4.39. The molecule has 0 saturated carbocycles. The SMILES string of the molecule is CCCCNC(=O)N(C)C1CCCNCC1. The number of carbonyl (C=O) groups excluding carboxylic acids is 1. The van der Waals surface area contributed by atoms with Crippen LogP contribution in [0.3, 0.4) is 0 Å². The normalized spacial score (nSPS) is 21.2. The van der Waals surface area contributed by atoms with E-state index in [1.807, 2.05) is 11.9 Å². The van der Waals surface area contributed by atoms with Crippen LogP contribution in [-0.4, -0.2) is 43.7 Å². The Labute approximate surface area is 98.8 Å². The summed E-state index contributed by atoms with van der Waals surface area (Å²) in [6.45, 7) is 5.04. The highest BCUT2D eigenvalue weighted by molar-refractivity contribution is 5.74. The molecule has 1 atom stereocenters. The number of hydrogen-bond donors (Lipinski definition) is 2. The predicted molar refractivity (Wildman–Crippen MR) is 66.6 cm³/mol. The second-order valence-electron chi connectivity index (χ2n) is 4.53. The first-order chi connectivity index (χ1) is 7.75. The molecule has 1 aliphatic rings. The largest absolute Gasteiger partial charge is 0.338 e. The van der Waals surface area contributed by atoms with Crippen LogP contribution in [0.25, 0.3) is 0 Å². The van der Waals surface area contributed by atoms with Gasteiger partial charge in [-0.1, -0.05) is 13.3 Å². The summed E-state index contributed by atoms with van der Waals surface area (Å²) in [5.74, 6) is 0. The summed E-state index contributed by atoms with van der Waals surface area (Å²) >= 11 is 0. The van der Waals surface area contributed by atoms with Crippen LogP contribution >= 0.6 is 0 Å². The third-order valence-electron chi connectivity index (χ3n) is 3.22. The van der Waals surface area contributed by atoms with Gasteiger partial charge in [0.05, 0.1) is 0 Å². The molecular formula is C12H25N3O. The number of rotatable bonds is 4. The van der Waals surface area contributed by atoms with E-state index in [2.05, 4.69) is 17.6 Å². The molecule has 0 aliphatic carbocycles. The zero-order valence-electron chi connectivity index (χ0n) is 10.6. The third-order valence-corrected chi connectivity index (χ3v) is 3.22. The van der Waals surface area contributed by atoms with Crippen molar-refractivity contribution < 1.29 is 4.79 Å². The highest BCUT2D eigenvalue weighted by Crippen LogP contribution is 2.11. The van der Waals surface area contributed by atoms with Crippen molar-refractivity contribution in [3.05, 3.63) is 0 Å². The highest BCUT2D eigenvalue weighted by Gasteiger charge is 2.20. The lowest BCUT2D eigenvalue weighted by molar-refractivity contribution is 0.185. The van der Waals surface area contributed by atoms with Gasteiger partial charge in [-0.15, -0.1) is 0 Å². The molecule has 1 unspecified atom stereocenters. The van der Waals surface area contributed by atoms with E-state index in [9.17, 15) is 4.79 Å². The van der Waals surface area contributed by atoms with Crippen LogP contribution in [0.2, 0.25) is 0 Å². The Morgan fingerprint density at radius 2 is 2.25 bits per heavy atom. The Balaban J connectivity index is 2.30. The van der Waals surface area contributed by atoms with Gasteiger partial charge in [-0.05, 0) is 38.8 Å². The van der Waals surface area contributed by atoms with Gasteiger partial charge in [-0.2, -0.15) is 0 Å². The van der Waals surface area contributed by atoms with Gasteiger partial charge in [0.25, 0.3) is 0 Å². The smallest absolute Gasteiger partial charge is 0.317 e. The number of nitrogens with one attached hydrogen (secondary N) is 2. The van der Waals surface area contributed by atoms with E-state index in [1.165, 1.54) is 0 Å². The van der Waals surface area contributed by atoms with Crippen molar-refractivity contribution in [2.24, 2.45) is 0 Å². The summed E-state index contributed by atoms with van der Waals surface area (Å²) in [6.07, 6.45) is 5.53. The van der Waals surface area contributed by atoms with Crippen molar-refractivity contribution in [1.29, 1.82) is 0 Å². The zero-order valence-corrected chi connectivity index (χ0v) is 10.6. The molecule has 16 heavy (non-hydrogen) atoms. The molecule has 0 spiro atoms. The van der Waals surface area contributed by atoms with Gasteiger partial charge in [0.2, 0.25) is 0 Å². The predicted octanol–water partition coefficient (Wildman–Crippen LogP) is 1.57. The molecule has 1 saturated heterocycles. The molecule has 0 radical (unpaired) electrons. The topological polar surface area (TPSA) is 44.4 Å². The highest BCUT2D eigenvalue weighted by atomic mass is 16.2. The second-order valence-corrected chi connectivity index (χ2v) is 4.53. The molecule has 0 aromatic rings. The zero-order chi connectivity index (χ0) is 11.8. The molecule has 94 valence electrons. The number of amides is 2. The second kappa shape index (κ2) is 7.49. The molecule has 0 aromatic carbocycles. The van der Waals surface area contributed by atoms with Gasteiger partial charge in [0.15, 0.2) is 0 Å². The van der Waals surface area contributed by atoms with Crippen molar-refractivity contribution in [2.75, 3.05) is 26.7 Å². The first-order valence-corrected chi connectivity index (χ1v) is 6.47. The number of nitrogens with zero attached hydrogens (tertiary/aromatic N) is 1. The maximum Gasteiger partial charge on any atom is 0.317 e. The number of hydrogen-bond acceptors (Lipinski definition) is 2. The number of urea groups is 1. The maximum absolute atomic E-state index is 11.8.